The monoisotopic (exact) mass is 373 g/mol. The molecule has 1 aliphatic rings. The molecule has 5 rings (SSSR count). The topological polar surface area (TPSA) is 88.2 Å². The third-order valence-electron chi connectivity index (χ3n) is 4.86. The van der Waals surface area contributed by atoms with Crippen molar-refractivity contribution >= 4 is 17.4 Å². The van der Waals surface area contributed by atoms with Gasteiger partial charge in [-0.3, -0.25) is 4.98 Å². The van der Waals surface area contributed by atoms with Crippen LogP contribution in [0.3, 0.4) is 0 Å². The van der Waals surface area contributed by atoms with Gasteiger partial charge >= 0.3 is 0 Å². The minimum atomic E-state index is 0.737. The summed E-state index contributed by atoms with van der Waals surface area (Å²) in [7, 11) is 0. The summed E-state index contributed by atoms with van der Waals surface area (Å²) in [5.74, 6) is 2.45. The highest BCUT2D eigenvalue weighted by molar-refractivity contribution is 5.55. The Morgan fingerprint density at radius 2 is 1.64 bits per heavy atom. The maximum absolute atomic E-state index is 4.71. The van der Waals surface area contributed by atoms with Crippen molar-refractivity contribution in [3.8, 4) is 11.4 Å². The lowest BCUT2D eigenvalue weighted by molar-refractivity contribution is 0.629. The van der Waals surface area contributed by atoms with Crippen LogP contribution in [-0.2, 0) is 0 Å². The van der Waals surface area contributed by atoms with Crippen LogP contribution in [0.2, 0.25) is 0 Å². The normalized spacial score (nSPS) is 14.6. The first kappa shape index (κ1) is 16.5. The van der Waals surface area contributed by atoms with Crippen molar-refractivity contribution in [3.63, 3.8) is 0 Å². The second-order valence-electron chi connectivity index (χ2n) is 6.64. The fraction of sp³-hybridized carbons (Fsp3) is 0.263. The summed E-state index contributed by atoms with van der Waals surface area (Å²) in [6.07, 6.45) is 3.57. The van der Waals surface area contributed by atoms with Crippen molar-refractivity contribution in [2.24, 2.45) is 0 Å². The zero-order chi connectivity index (χ0) is 18.9. The smallest absolute Gasteiger partial charge is 0.226 e. The molecule has 0 unspecified atom stereocenters. The van der Waals surface area contributed by atoms with Crippen LogP contribution in [0, 0.1) is 6.92 Å². The molecule has 9 heteroatoms. The van der Waals surface area contributed by atoms with Gasteiger partial charge in [0.2, 0.25) is 5.95 Å². The molecule has 1 fully saturated rings. The summed E-state index contributed by atoms with van der Waals surface area (Å²) in [4.78, 5) is 18.0. The highest BCUT2D eigenvalue weighted by atomic mass is 15.4. The Morgan fingerprint density at radius 3 is 2.46 bits per heavy atom. The van der Waals surface area contributed by atoms with E-state index in [1.165, 1.54) is 0 Å². The van der Waals surface area contributed by atoms with Gasteiger partial charge in [0.1, 0.15) is 5.82 Å². The molecule has 140 valence electrons. The SMILES string of the molecule is Cc1nnc2ccc(N3CCN(c4nccc(-c5ccccn5)n4)CC3)nn12. The molecule has 0 radical (unpaired) electrons. The molecule has 0 spiro atoms. The van der Waals surface area contributed by atoms with E-state index >= 15 is 0 Å². The Labute approximate surface area is 161 Å². The number of hydrogen-bond donors (Lipinski definition) is 0. The minimum Gasteiger partial charge on any atom is -0.352 e. The standard InChI is InChI=1S/C19H19N9/c1-14-23-24-17-5-6-18(25-28(14)17)26-10-12-27(13-11-26)19-21-9-7-16(22-19)15-4-2-3-8-20-15/h2-9H,10-13H2,1H3. The van der Waals surface area contributed by atoms with E-state index in [1.807, 2.05) is 43.3 Å². The van der Waals surface area contributed by atoms with Crippen LogP contribution in [-0.4, -0.2) is 60.9 Å². The second kappa shape index (κ2) is 6.84. The first-order chi connectivity index (χ1) is 13.8. The molecule has 1 saturated heterocycles. The Morgan fingerprint density at radius 1 is 0.786 bits per heavy atom. The Hall–Kier alpha value is -3.62. The molecular weight excluding hydrogens is 354 g/mol. The molecule has 4 aromatic rings. The van der Waals surface area contributed by atoms with Gasteiger partial charge < -0.3 is 9.80 Å². The van der Waals surface area contributed by atoms with Gasteiger partial charge in [-0.15, -0.1) is 15.3 Å². The predicted molar refractivity (Wildman–Crippen MR) is 105 cm³/mol. The number of nitrogens with zero attached hydrogens (tertiary/aromatic N) is 9. The highest BCUT2D eigenvalue weighted by Crippen LogP contribution is 2.19. The second-order valence-corrected chi connectivity index (χ2v) is 6.64. The zero-order valence-electron chi connectivity index (χ0n) is 15.5. The lowest BCUT2D eigenvalue weighted by Gasteiger charge is -2.35. The molecule has 28 heavy (non-hydrogen) atoms. The van der Waals surface area contributed by atoms with Gasteiger partial charge in [-0.1, -0.05) is 6.07 Å². The summed E-state index contributed by atoms with van der Waals surface area (Å²) in [6.45, 7) is 5.24. The molecule has 0 saturated carbocycles. The molecule has 5 heterocycles. The summed E-state index contributed by atoms with van der Waals surface area (Å²) < 4.78 is 1.78. The van der Waals surface area contributed by atoms with Crippen LogP contribution in [0.25, 0.3) is 17.0 Å². The van der Waals surface area contributed by atoms with Crippen molar-refractivity contribution in [3.05, 3.63) is 54.6 Å². The average molecular weight is 373 g/mol. The van der Waals surface area contributed by atoms with Crippen molar-refractivity contribution in [2.75, 3.05) is 36.0 Å². The first-order valence-corrected chi connectivity index (χ1v) is 9.21. The Balaban J connectivity index is 1.32. The van der Waals surface area contributed by atoms with Crippen LogP contribution in [0.15, 0.2) is 48.8 Å². The van der Waals surface area contributed by atoms with Crippen LogP contribution in [0.1, 0.15) is 5.82 Å². The zero-order valence-corrected chi connectivity index (χ0v) is 15.5. The van der Waals surface area contributed by atoms with E-state index in [-0.39, 0.29) is 0 Å². The van der Waals surface area contributed by atoms with E-state index in [4.69, 9.17) is 4.98 Å². The number of rotatable bonds is 3. The van der Waals surface area contributed by atoms with Gasteiger partial charge in [0.25, 0.3) is 0 Å². The third-order valence-corrected chi connectivity index (χ3v) is 4.86. The molecule has 0 atom stereocenters. The molecule has 0 aromatic carbocycles. The highest BCUT2D eigenvalue weighted by Gasteiger charge is 2.21. The van der Waals surface area contributed by atoms with Crippen LogP contribution in [0.5, 0.6) is 0 Å². The Bertz CT molecular complexity index is 1100. The lowest BCUT2D eigenvalue weighted by atomic mass is 10.2. The van der Waals surface area contributed by atoms with E-state index in [1.54, 1.807) is 16.9 Å². The molecular formula is C19H19N9. The number of aryl methyl sites for hydroxylation is 1. The van der Waals surface area contributed by atoms with E-state index in [0.29, 0.717) is 0 Å². The number of hydrogen-bond acceptors (Lipinski definition) is 8. The van der Waals surface area contributed by atoms with Crippen molar-refractivity contribution in [1.29, 1.82) is 0 Å². The molecule has 9 nitrogen and oxygen atoms in total. The minimum absolute atomic E-state index is 0.737. The number of aromatic nitrogens is 7. The predicted octanol–water partition coefficient (Wildman–Crippen LogP) is 1.61. The first-order valence-electron chi connectivity index (χ1n) is 9.21. The summed E-state index contributed by atoms with van der Waals surface area (Å²) in [5, 5.41) is 12.8. The average Bonchev–Trinajstić information content (AvgIpc) is 3.15. The fourth-order valence-electron chi connectivity index (χ4n) is 3.35. The summed E-state index contributed by atoms with van der Waals surface area (Å²) in [5.41, 5.74) is 2.45. The maximum Gasteiger partial charge on any atom is 0.226 e. The molecule has 0 bridgehead atoms. The third kappa shape index (κ3) is 3.00. The maximum atomic E-state index is 4.71. The van der Waals surface area contributed by atoms with E-state index in [2.05, 4.69) is 35.1 Å². The van der Waals surface area contributed by atoms with E-state index < -0.39 is 0 Å². The number of anilines is 2. The van der Waals surface area contributed by atoms with Crippen molar-refractivity contribution in [2.45, 2.75) is 6.92 Å². The van der Waals surface area contributed by atoms with E-state index in [9.17, 15) is 0 Å². The van der Waals surface area contributed by atoms with Gasteiger partial charge in [-0.2, -0.15) is 4.52 Å². The van der Waals surface area contributed by atoms with Gasteiger partial charge in [0, 0.05) is 38.6 Å². The number of fused-ring (bicyclic) bond motifs is 1. The van der Waals surface area contributed by atoms with Gasteiger partial charge in [-0.05, 0) is 37.3 Å². The van der Waals surface area contributed by atoms with Gasteiger partial charge in [-0.25, -0.2) is 9.97 Å². The summed E-state index contributed by atoms with van der Waals surface area (Å²) in [6, 6.07) is 11.7. The molecule has 0 aliphatic carbocycles. The molecule has 0 N–H and O–H groups in total. The Kier molecular flexibility index (Phi) is 4.04. The van der Waals surface area contributed by atoms with Crippen molar-refractivity contribution in [1.82, 2.24) is 34.8 Å². The molecule has 1 aliphatic heterocycles. The van der Waals surface area contributed by atoms with Crippen LogP contribution < -0.4 is 9.80 Å². The molecule has 4 aromatic heterocycles. The van der Waals surface area contributed by atoms with Gasteiger partial charge in [0.15, 0.2) is 11.5 Å². The van der Waals surface area contributed by atoms with Crippen LogP contribution >= 0.6 is 0 Å². The summed E-state index contributed by atoms with van der Waals surface area (Å²) >= 11 is 0. The van der Waals surface area contributed by atoms with Crippen molar-refractivity contribution < 1.29 is 0 Å². The fourth-order valence-corrected chi connectivity index (χ4v) is 3.35. The lowest BCUT2D eigenvalue weighted by Crippen LogP contribution is -2.47. The quantitative estimate of drug-likeness (QED) is 0.535. The van der Waals surface area contributed by atoms with Gasteiger partial charge in [0.05, 0.1) is 11.4 Å². The largest absolute Gasteiger partial charge is 0.352 e. The number of piperazine rings is 1. The number of pyridine rings is 1. The molecule has 0 amide bonds. The van der Waals surface area contributed by atoms with E-state index in [0.717, 1.165) is 60.8 Å². The van der Waals surface area contributed by atoms with Crippen LogP contribution in [0.4, 0.5) is 11.8 Å².